The maximum Gasteiger partial charge on any atom is 0.266 e. The van der Waals surface area contributed by atoms with Gasteiger partial charge in [0.15, 0.2) is 5.03 Å². The summed E-state index contributed by atoms with van der Waals surface area (Å²) in [6.45, 7) is 4.54. The van der Waals surface area contributed by atoms with E-state index in [1.165, 1.54) is 12.1 Å². The number of amides is 2. The van der Waals surface area contributed by atoms with Gasteiger partial charge in [-0.3, -0.25) is 9.59 Å². The van der Waals surface area contributed by atoms with Gasteiger partial charge in [-0.05, 0) is 43.4 Å². The van der Waals surface area contributed by atoms with E-state index in [4.69, 9.17) is 5.73 Å². The van der Waals surface area contributed by atoms with Gasteiger partial charge in [0.1, 0.15) is 16.9 Å². The van der Waals surface area contributed by atoms with Crippen molar-refractivity contribution >= 4 is 17.8 Å². The van der Waals surface area contributed by atoms with Crippen LogP contribution in [0.3, 0.4) is 0 Å². The highest BCUT2D eigenvalue weighted by atomic mass is 16.7. The molecule has 0 aliphatic carbocycles. The molecule has 1 aromatic carbocycles. The molecule has 2 amide bonds. The summed E-state index contributed by atoms with van der Waals surface area (Å²) >= 11 is 0. The van der Waals surface area contributed by atoms with Crippen LogP contribution in [0.25, 0.3) is 0 Å². The monoisotopic (exact) mass is 450 g/mol. The van der Waals surface area contributed by atoms with Crippen LogP contribution < -0.4 is 21.7 Å². The molecule has 0 radical (unpaired) electrons. The van der Waals surface area contributed by atoms with Gasteiger partial charge in [0.25, 0.3) is 5.96 Å². The zero-order chi connectivity index (χ0) is 23.9. The van der Waals surface area contributed by atoms with Crippen LogP contribution in [0.2, 0.25) is 0 Å². The van der Waals surface area contributed by atoms with E-state index in [1.807, 2.05) is 13.8 Å². The van der Waals surface area contributed by atoms with Crippen molar-refractivity contribution in [1.29, 1.82) is 0 Å². The van der Waals surface area contributed by atoms with Crippen LogP contribution in [0, 0.1) is 16.0 Å². The van der Waals surface area contributed by atoms with Crippen LogP contribution >= 0.6 is 0 Å². The van der Waals surface area contributed by atoms with Crippen molar-refractivity contribution in [3.63, 3.8) is 0 Å². The molecule has 6 N–H and O–H groups in total. The van der Waals surface area contributed by atoms with Crippen LogP contribution in [0.5, 0.6) is 5.75 Å². The summed E-state index contributed by atoms with van der Waals surface area (Å²) in [7, 11) is 0. The fraction of sp³-hybridized carbons (Fsp3) is 0.571. The fourth-order valence-electron chi connectivity index (χ4n) is 3.23. The Morgan fingerprint density at radius 3 is 2.28 bits per heavy atom. The van der Waals surface area contributed by atoms with E-state index in [9.17, 15) is 24.8 Å². The van der Waals surface area contributed by atoms with Gasteiger partial charge < -0.3 is 26.8 Å². The molecule has 1 atom stereocenters. The summed E-state index contributed by atoms with van der Waals surface area (Å²) in [6, 6.07) is 5.70. The summed E-state index contributed by atoms with van der Waals surface area (Å²) in [5.74, 6) is -0.821. The Kier molecular flexibility index (Phi) is 12.2. The number of nitrogens with one attached hydrogen (secondary N) is 3. The van der Waals surface area contributed by atoms with Gasteiger partial charge in [0, 0.05) is 19.0 Å². The number of phenolic OH excluding ortho intramolecular Hbond substituents is 1. The molecule has 178 valence electrons. The van der Waals surface area contributed by atoms with Gasteiger partial charge in [0.05, 0.1) is 0 Å². The average molecular weight is 451 g/mol. The Bertz CT molecular complexity index is 762. The van der Waals surface area contributed by atoms with Crippen molar-refractivity contribution in [1.82, 2.24) is 16.0 Å². The van der Waals surface area contributed by atoms with Crippen LogP contribution in [0.15, 0.2) is 29.4 Å². The molecule has 11 heteroatoms. The van der Waals surface area contributed by atoms with Crippen molar-refractivity contribution in [2.75, 3.05) is 6.54 Å². The predicted octanol–water partition coefficient (Wildman–Crippen LogP) is 1.59. The molecular formula is C21H34N6O5. The third kappa shape index (κ3) is 10.6. The molecule has 0 saturated heterocycles. The zero-order valence-electron chi connectivity index (χ0n) is 18.7. The molecular weight excluding hydrogens is 416 g/mol. The van der Waals surface area contributed by atoms with Crippen molar-refractivity contribution in [3.05, 3.63) is 39.9 Å². The Balaban J connectivity index is 2.74. The Morgan fingerprint density at radius 1 is 1.09 bits per heavy atom. The lowest BCUT2D eigenvalue weighted by Crippen LogP contribution is -2.48. The smallest absolute Gasteiger partial charge is 0.266 e. The second-order valence-corrected chi connectivity index (χ2v) is 7.51. The highest BCUT2D eigenvalue weighted by Crippen LogP contribution is 2.15. The van der Waals surface area contributed by atoms with E-state index < -0.39 is 11.1 Å². The van der Waals surface area contributed by atoms with E-state index in [0.29, 0.717) is 12.8 Å². The third-order valence-electron chi connectivity index (χ3n) is 4.85. The second-order valence-electron chi connectivity index (χ2n) is 7.51. The average Bonchev–Trinajstić information content (AvgIpc) is 2.74. The number of hydrogen-bond acceptors (Lipinski definition) is 5. The summed E-state index contributed by atoms with van der Waals surface area (Å²) in [4.78, 5) is 35.9. The van der Waals surface area contributed by atoms with Gasteiger partial charge >= 0.3 is 0 Å². The Hall–Kier alpha value is -3.37. The van der Waals surface area contributed by atoms with E-state index in [-0.39, 0.29) is 42.5 Å². The number of nitrogens with zero attached hydrogens (tertiary/aromatic N) is 2. The predicted molar refractivity (Wildman–Crippen MR) is 121 cm³/mol. The number of benzene rings is 1. The summed E-state index contributed by atoms with van der Waals surface area (Å²) in [5.41, 5.74) is 6.20. The number of carbonyl (C=O) groups excluding carboxylic acids is 2. The Labute approximate surface area is 188 Å². The van der Waals surface area contributed by atoms with Crippen LogP contribution in [0.1, 0.15) is 57.9 Å². The van der Waals surface area contributed by atoms with Gasteiger partial charge in [-0.1, -0.05) is 38.8 Å². The molecule has 0 unspecified atom stereocenters. The molecule has 32 heavy (non-hydrogen) atoms. The topological polar surface area (TPSA) is 172 Å². The minimum atomic E-state index is -0.899. The second kappa shape index (κ2) is 14.6. The standard InChI is InChI=1S/C21H34N6O5/c1-3-6-16(7-4-2)19(29)25-18(8-5-13-23-21(22)26-27(31)32)20(30)24-14-15-9-11-17(28)12-10-15/h9-12,16,18,28H,3-8,13-14H2,1-2H3,(H,24,30)(H,25,29)(H3,22,23,26)/t18-/m1/s1. The quantitative estimate of drug-likeness (QED) is 0.0941. The SMILES string of the molecule is CCCC(CCC)C(=O)N[C@H](CCCNC(N)=N[N+](=O)[O-])C(=O)NCc1ccc(O)cc1. The highest BCUT2D eigenvalue weighted by Gasteiger charge is 2.24. The van der Waals surface area contributed by atoms with Gasteiger partial charge in [0.2, 0.25) is 11.8 Å². The van der Waals surface area contributed by atoms with Crippen molar-refractivity contribution in [3.8, 4) is 5.75 Å². The lowest BCUT2D eigenvalue weighted by molar-refractivity contribution is -0.485. The van der Waals surface area contributed by atoms with Crippen LogP contribution in [-0.2, 0) is 16.1 Å². The molecule has 0 fully saturated rings. The zero-order valence-corrected chi connectivity index (χ0v) is 18.7. The number of hydrogen-bond donors (Lipinski definition) is 5. The van der Waals surface area contributed by atoms with Gasteiger partial charge in [-0.15, -0.1) is 0 Å². The molecule has 0 heterocycles. The summed E-state index contributed by atoms with van der Waals surface area (Å²) < 4.78 is 0. The molecule has 0 aliphatic heterocycles. The third-order valence-corrected chi connectivity index (χ3v) is 4.85. The molecule has 0 aliphatic rings. The molecule has 0 bridgehead atoms. The van der Waals surface area contributed by atoms with E-state index >= 15 is 0 Å². The van der Waals surface area contributed by atoms with Crippen LogP contribution in [0.4, 0.5) is 0 Å². The van der Waals surface area contributed by atoms with Gasteiger partial charge in [-0.25, -0.2) is 10.1 Å². The number of carbonyl (C=O) groups is 2. The normalized spacial score (nSPS) is 12.3. The number of nitrogens with two attached hydrogens (primary N) is 1. The number of guanidine groups is 1. The number of rotatable bonds is 14. The molecule has 1 rings (SSSR count). The van der Waals surface area contributed by atoms with Crippen molar-refractivity contribution < 1.29 is 19.7 Å². The van der Waals surface area contributed by atoms with E-state index in [1.54, 1.807) is 12.1 Å². The largest absolute Gasteiger partial charge is 0.508 e. The first-order valence-corrected chi connectivity index (χ1v) is 10.8. The summed E-state index contributed by atoms with van der Waals surface area (Å²) in [6.07, 6.45) is 3.98. The maximum absolute atomic E-state index is 12.8. The van der Waals surface area contributed by atoms with Crippen molar-refractivity contribution in [2.24, 2.45) is 16.8 Å². The first-order valence-electron chi connectivity index (χ1n) is 10.8. The molecule has 0 aromatic heterocycles. The first-order chi connectivity index (χ1) is 15.3. The fourth-order valence-corrected chi connectivity index (χ4v) is 3.23. The minimum absolute atomic E-state index is 0.135. The lowest BCUT2D eigenvalue weighted by Gasteiger charge is -2.22. The lowest BCUT2D eigenvalue weighted by atomic mass is 9.96. The van der Waals surface area contributed by atoms with Gasteiger partial charge in [-0.2, -0.15) is 0 Å². The maximum atomic E-state index is 12.8. The number of hydrazone groups is 1. The molecule has 11 nitrogen and oxygen atoms in total. The highest BCUT2D eigenvalue weighted by molar-refractivity contribution is 5.88. The Morgan fingerprint density at radius 2 is 1.72 bits per heavy atom. The molecule has 1 aromatic rings. The van der Waals surface area contributed by atoms with Crippen LogP contribution in [-0.4, -0.2) is 40.5 Å². The first kappa shape index (κ1) is 26.7. The number of nitro groups is 1. The number of phenols is 1. The molecule has 0 spiro atoms. The van der Waals surface area contributed by atoms with E-state index in [2.05, 4.69) is 21.1 Å². The van der Waals surface area contributed by atoms with E-state index in [0.717, 1.165) is 31.2 Å². The summed E-state index contributed by atoms with van der Waals surface area (Å²) in [5, 5.41) is 30.0. The van der Waals surface area contributed by atoms with Crippen molar-refractivity contribution in [2.45, 2.75) is 65.0 Å². The number of aromatic hydroxyl groups is 1. The molecule has 0 saturated carbocycles. The minimum Gasteiger partial charge on any atom is -0.508 e.